The number of ether oxygens (including phenoxy) is 6. The molecule has 6 rings (SSSR count). The van der Waals surface area contributed by atoms with Crippen molar-refractivity contribution in [3.8, 4) is 51.7 Å². The number of aliphatic carboxylic acids is 2. The van der Waals surface area contributed by atoms with E-state index in [1.54, 1.807) is 67.6 Å². The number of nitrogens with zero attached hydrogens (tertiary/aromatic N) is 3. The van der Waals surface area contributed by atoms with Gasteiger partial charge in [-0.1, -0.05) is 59.1 Å². The van der Waals surface area contributed by atoms with Crippen molar-refractivity contribution >= 4 is 101 Å². The summed E-state index contributed by atoms with van der Waals surface area (Å²) in [6.07, 6.45) is 13.1. The number of allylic oxidation sites excluding steroid dienone is 1. The summed E-state index contributed by atoms with van der Waals surface area (Å²) in [6, 6.07) is 22.3. The first-order valence-electron chi connectivity index (χ1n) is 25.0. The summed E-state index contributed by atoms with van der Waals surface area (Å²) >= 11 is 17.4. The van der Waals surface area contributed by atoms with Crippen LogP contribution < -0.4 is 44.7 Å². The number of amides is 3. The molecule has 0 aliphatic heterocycles. The second-order valence-electron chi connectivity index (χ2n) is 17.2. The number of phenols is 3. The van der Waals surface area contributed by atoms with Crippen molar-refractivity contribution in [3.05, 3.63) is 174 Å². The number of hydrazone groups is 3. The summed E-state index contributed by atoms with van der Waals surface area (Å²) in [4.78, 5) is 57.8. The number of hydrogen-bond acceptors (Lipinski definition) is 18. The molecule has 23 nitrogen and oxygen atoms in total. The number of benzene rings is 6. The summed E-state index contributed by atoms with van der Waals surface area (Å²) in [5.74, 6) is -1.18. The van der Waals surface area contributed by atoms with Crippen molar-refractivity contribution in [1.29, 1.82) is 0 Å². The Kier molecular flexibility index (Phi) is 27.5. The second-order valence-corrected chi connectivity index (χ2v) is 18.5. The van der Waals surface area contributed by atoms with Gasteiger partial charge in [0.2, 0.25) is 0 Å². The van der Waals surface area contributed by atoms with Crippen molar-refractivity contribution in [1.82, 2.24) is 16.3 Å². The van der Waals surface area contributed by atoms with Crippen LogP contribution >= 0.6 is 34.8 Å². The molecular formula is C60H59Cl3N6O17. The van der Waals surface area contributed by atoms with Crippen molar-refractivity contribution in [2.75, 3.05) is 42.7 Å². The van der Waals surface area contributed by atoms with E-state index >= 15 is 0 Å². The number of carboxylic acids is 2. The molecule has 26 heteroatoms. The van der Waals surface area contributed by atoms with E-state index < -0.39 is 35.8 Å². The van der Waals surface area contributed by atoms with E-state index in [2.05, 4.69) is 31.6 Å². The van der Waals surface area contributed by atoms with Gasteiger partial charge in [0, 0.05) is 45.9 Å². The number of hydrogen-bond donors (Lipinski definition) is 9. The maximum atomic E-state index is 12.1. The van der Waals surface area contributed by atoms with Gasteiger partial charge in [-0.3, -0.25) is 19.2 Å². The average Bonchev–Trinajstić information content (AvgIpc) is 3.24. The summed E-state index contributed by atoms with van der Waals surface area (Å²) in [7, 11) is 8.91. The van der Waals surface area contributed by atoms with Gasteiger partial charge in [-0.2, -0.15) is 15.3 Å². The lowest BCUT2D eigenvalue weighted by Gasteiger charge is -2.12. The number of aliphatic hydroxyl groups excluding tert-OH is 1. The monoisotopic (exact) mass is 1240 g/mol. The molecule has 0 aliphatic carbocycles. The minimum absolute atomic E-state index is 0.0183. The predicted octanol–water partition coefficient (Wildman–Crippen LogP) is 9.85. The Morgan fingerprint density at radius 1 is 0.500 bits per heavy atom. The molecule has 6 aromatic rings. The Balaban J connectivity index is 0.000000277. The molecule has 0 aliphatic rings. The van der Waals surface area contributed by atoms with Crippen LogP contribution in [0, 0.1) is 0 Å². The van der Waals surface area contributed by atoms with Crippen LogP contribution in [0.2, 0.25) is 15.1 Å². The number of carbonyl (C=O) groups excluding carboxylic acids is 3. The fourth-order valence-electron chi connectivity index (χ4n) is 7.10. The van der Waals surface area contributed by atoms with Crippen LogP contribution in [0.4, 0.5) is 0 Å². The Labute approximate surface area is 508 Å². The lowest BCUT2D eigenvalue weighted by molar-refractivity contribution is -0.137. The fourth-order valence-corrected chi connectivity index (χ4v) is 7.64. The number of methoxy groups -OCH3 is 6. The topological polar surface area (TPSA) is 335 Å². The fraction of sp³-hybridized carbons (Fsp3) is 0.167. The highest BCUT2D eigenvalue weighted by molar-refractivity contribution is 6.33. The van der Waals surface area contributed by atoms with Crippen molar-refractivity contribution in [2.45, 2.75) is 25.9 Å². The third kappa shape index (κ3) is 21.3. The normalized spacial score (nSPS) is 11.4. The number of nitrogens with one attached hydrogen (secondary N) is 3. The molecule has 0 aromatic heterocycles. The van der Waals surface area contributed by atoms with Crippen LogP contribution in [0.15, 0.2) is 125 Å². The number of rotatable bonds is 23. The van der Waals surface area contributed by atoms with E-state index in [0.29, 0.717) is 74.3 Å². The number of aromatic hydroxyl groups is 3. The molecule has 3 amide bonds. The Hall–Kier alpha value is -10.1. The molecule has 9 N–H and O–H groups in total. The zero-order valence-electron chi connectivity index (χ0n) is 47.0. The third-order valence-corrected chi connectivity index (χ3v) is 12.0. The standard InChI is InChI=1S/C21H21ClN2O6.C20H21ClN2O5.C19H17ClN2O6/c1-29-18-10-13(9-14(20(18)30-2)5-3-4-6-19(26)27)12-23-24-21(28)15-7-8-17(25)16(22)11-15;1-12(24)4-5-14-8-13(9-18(27-2)19(14)28-3)11-22-23-20(26)15-6-7-17(25)16(21)10-15;1-27-16-8-11(7-12(18(16)28-2)4-6-17(24)25)10-21-22-19(26)13-3-5-15(23)14(20)9-13/h3,5,7-12,25H,4,6H2,1-2H3,(H,24,28)(H,26,27);4-12,24-25H,1-3H3,(H,23,26);3-10,23H,1-2H3,(H,22,26)(H,24,25)/b5-3+,23-12+;5-4+,22-11+;6-4+,21-10+. The first-order valence-corrected chi connectivity index (χ1v) is 26.1. The minimum Gasteiger partial charge on any atom is -0.506 e. The highest BCUT2D eigenvalue weighted by atomic mass is 35.5. The molecule has 1 atom stereocenters. The molecule has 1 unspecified atom stereocenters. The molecule has 0 radical (unpaired) electrons. The van der Waals surface area contributed by atoms with Gasteiger partial charge in [-0.25, -0.2) is 21.1 Å². The van der Waals surface area contributed by atoms with Gasteiger partial charge in [-0.15, -0.1) is 0 Å². The molecule has 0 bridgehead atoms. The van der Waals surface area contributed by atoms with Crippen molar-refractivity contribution < 1.29 is 83.0 Å². The van der Waals surface area contributed by atoms with Gasteiger partial charge >= 0.3 is 11.9 Å². The predicted molar refractivity (Wildman–Crippen MR) is 326 cm³/mol. The van der Waals surface area contributed by atoms with Crippen molar-refractivity contribution in [3.63, 3.8) is 0 Å². The third-order valence-electron chi connectivity index (χ3n) is 11.1. The Morgan fingerprint density at radius 2 is 0.837 bits per heavy atom. The molecule has 0 saturated heterocycles. The summed E-state index contributed by atoms with van der Waals surface area (Å²) in [6.45, 7) is 1.64. The largest absolute Gasteiger partial charge is 0.506 e. The van der Waals surface area contributed by atoms with Gasteiger partial charge in [0.05, 0.1) is 82.5 Å². The summed E-state index contributed by atoms with van der Waals surface area (Å²) in [5, 5.41) is 67.2. The lowest BCUT2D eigenvalue weighted by Crippen LogP contribution is -2.17. The zero-order chi connectivity index (χ0) is 63.5. The zero-order valence-corrected chi connectivity index (χ0v) is 49.3. The van der Waals surface area contributed by atoms with Crippen molar-refractivity contribution in [2.24, 2.45) is 15.3 Å². The average molecular weight is 1240 g/mol. The van der Waals surface area contributed by atoms with E-state index in [9.17, 15) is 44.4 Å². The smallest absolute Gasteiger partial charge is 0.328 e. The molecule has 86 heavy (non-hydrogen) atoms. The molecule has 0 heterocycles. The molecule has 6 aromatic carbocycles. The van der Waals surface area contributed by atoms with E-state index in [1.807, 2.05) is 0 Å². The highest BCUT2D eigenvalue weighted by Crippen LogP contribution is 2.36. The maximum Gasteiger partial charge on any atom is 0.328 e. The van der Waals surface area contributed by atoms with E-state index in [0.717, 1.165) is 6.08 Å². The Bertz CT molecular complexity index is 3590. The van der Waals surface area contributed by atoms with E-state index in [4.69, 9.17) is 73.4 Å². The minimum atomic E-state index is -1.11. The molecule has 452 valence electrons. The van der Waals surface area contributed by atoms with Crippen LogP contribution in [0.1, 0.15) is 84.2 Å². The first kappa shape index (κ1) is 68.4. The lowest BCUT2D eigenvalue weighted by atomic mass is 10.1. The quantitative estimate of drug-likeness (QED) is 0.0164. The van der Waals surface area contributed by atoms with Crippen LogP contribution in [-0.2, 0) is 9.59 Å². The second kappa shape index (κ2) is 34.5. The summed E-state index contributed by atoms with van der Waals surface area (Å²) in [5.41, 5.74) is 11.4. The number of aliphatic hydroxyl groups is 1. The summed E-state index contributed by atoms with van der Waals surface area (Å²) < 4.78 is 31.9. The van der Waals surface area contributed by atoms with E-state index in [1.165, 1.54) is 122 Å². The number of phenolic OH excluding ortho intramolecular Hbond substituents is 3. The highest BCUT2D eigenvalue weighted by Gasteiger charge is 2.15. The molecule has 0 spiro atoms. The van der Waals surface area contributed by atoms with Crippen LogP contribution in [-0.4, -0.2) is 128 Å². The van der Waals surface area contributed by atoms with E-state index in [-0.39, 0.29) is 55.4 Å². The SMILES string of the molecule is COc1cc(/C=N/NC(=O)c2ccc(O)c(Cl)c2)cc(/C=C/C(=O)O)c1OC.COc1cc(/C=N/NC(=O)c2ccc(O)c(Cl)c2)cc(/C=C/C(C)O)c1OC.COc1cc(/C=N/NC(=O)c2ccc(O)c(Cl)c2)cc(/C=C/CCC(=O)O)c1OC. The number of carbonyl (C=O) groups is 5. The van der Waals surface area contributed by atoms with Gasteiger partial charge in [0.25, 0.3) is 17.7 Å². The van der Waals surface area contributed by atoms with Crippen LogP contribution in [0.3, 0.4) is 0 Å². The number of halogens is 3. The molecule has 0 saturated carbocycles. The first-order chi connectivity index (χ1) is 41.0. The molecule has 0 fully saturated rings. The van der Waals surface area contributed by atoms with Crippen LogP contribution in [0.5, 0.6) is 51.7 Å². The molecular weight excluding hydrogens is 1180 g/mol. The van der Waals surface area contributed by atoms with Gasteiger partial charge in [-0.05, 0) is 127 Å². The van der Waals surface area contributed by atoms with Gasteiger partial charge in [0.15, 0.2) is 34.5 Å². The number of carboxylic acid groups (broad SMARTS) is 2. The van der Waals surface area contributed by atoms with Crippen LogP contribution in [0.25, 0.3) is 18.2 Å². The Morgan fingerprint density at radius 3 is 1.13 bits per heavy atom. The van der Waals surface area contributed by atoms with Gasteiger partial charge in [0.1, 0.15) is 17.2 Å². The van der Waals surface area contributed by atoms with Gasteiger partial charge < -0.3 is 59.1 Å². The maximum absolute atomic E-state index is 12.1.